The molecule has 5 fully saturated rings. The molecular formula is C59H86O26. The van der Waals surface area contributed by atoms with Crippen molar-refractivity contribution in [2.24, 2.45) is 11.8 Å². The third-order valence-electron chi connectivity index (χ3n) is 17.1. The van der Waals surface area contributed by atoms with Crippen LogP contribution in [0.1, 0.15) is 123 Å². The molecule has 6 aliphatic rings. The fraction of sp³-hybridized carbons (Fsp3) is 0.763. The summed E-state index contributed by atoms with van der Waals surface area (Å²) < 4.78 is 84.7. The quantitative estimate of drug-likeness (QED) is 0.0935. The van der Waals surface area contributed by atoms with Crippen molar-refractivity contribution in [1.82, 2.24) is 0 Å². The van der Waals surface area contributed by atoms with E-state index in [2.05, 4.69) is 0 Å². The van der Waals surface area contributed by atoms with Crippen molar-refractivity contribution >= 4 is 34.3 Å². The number of esters is 2. The molecule has 1 aliphatic carbocycles. The van der Waals surface area contributed by atoms with Gasteiger partial charge >= 0.3 is 11.9 Å². The molecular weight excluding hydrogens is 1120 g/mol. The molecule has 5 heterocycles. The van der Waals surface area contributed by atoms with E-state index in [0.717, 1.165) is 0 Å². The molecule has 478 valence electrons. The molecule has 0 spiro atoms. The number of benzene rings is 2. The zero-order valence-corrected chi connectivity index (χ0v) is 50.3. The van der Waals surface area contributed by atoms with Crippen molar-refractivity contribution in [2.75, 3.05) is 14.2 Å². The van der Waals surface area contributed by atoms with E-state index >= 15 is 4.79 Å². The Morgan fingerprint density at radius 2 is 1.24 bits per heavy atom. The van der Waals surface area contributed by atoms with Crippen LogP contribution in [0, 0.1) is 18.8 Å². The Morgan fingerprint density at radius 3 is 1.80 bits per heavy atom. The van der Waals surface area contributed by atoms with E-state index in [-0.39, 0.29) is 71.7 Å². The van der Waals surface area contributed by atoms with Gasteiger partial charge in [0.05, 0.1) is 71.8 Å². The lowest BCUT2D eigenvalue weighted by atomic mass is 9.75. The number of methoxy groups -OCH3 is 2. The standard InChI is InChI=1S/C59H86O26/c1-22(2)58(70)85-57-29(9)78-43(21-59(57,11)71)82-37-18-40(74-25(5)49(37)66)81-36-19-42(75-26(6)48(36)65)84-56-33(55(73-13)52(69)47(64)24(4)60)15-31-14-32-16-35(23(3)46(63)44(32)50(67)45(31)51(56)68)80-41-20-38(54(28(8)77-41)79-30(10)61)83-39-17-34(62)53(72-12)27(7)76-39/h14,16,22,24-29,33-34,36-43,47-49,53-57,60,62-67,71H,15,17-21H2,1-13H3/t24?,25-,26-,27-,28-,29+,33?,34-,36-,37-,38-,39+,40+,41+,42+,43+,47?,48-,49-,53+,54+,55?,56?,57+,59+/m1/s1. The Bertz CT molecular complexity index is 2670. The van der Waals surface area contributed by atoms with Crippen molar-refractivity contribution in [1.29, 1.82) is 0 Å². The molecule has 5 aliphatic heterocycles. The van der Waals surface area contributed by atoms with E-state index in [4.69, 9.17) is 66.3 Å². The largest absolute Gasteiger partial charge is 0.507 e. The third-order valence-corrected chi connectivity index (χ3v) is 17.1. The highest BCUT2D eigenvalue weighted by Crippen LogP contribution is 2.48. The van der Waals surface area contributed by atoms with Crippen LogP contribution in [0.25, 0.3) is 10.8 Å². The second-order valence-corrected chi connectivity index (χ2v) is 24.1. The van der Waals surface area contributed by atoms with Crippen LogP contribution in [0.4, 0.5) is 0 Å². The molecule has 2 aromatic rings. The van der Waals surface area contributed by atoms with E-state index < -0.39 is 194 Å². The van der Waals surface area contributed by atoms with Crippen LogP contribution >= 0.6 is 0 Å². The van der Waals surface area contributed by atoms with Crippen LogP contribution in [0.15, 0.2) is 12.1 Å². The van der Waals surface area contributed by atoms with Gasteiger partial charge in [0.25, 0.3) is 0 Å². The summed E-state index contributed by atoms with van der Waals surface area (Å²) in [6.07, 6.45) is -25.9. The lowest BCUT2D eigenvalue weighted by Gasteiger charge is -2.47. The zero-order valence-electron chi connectivity index (χ0n) is 50.3. The molecule has 85 heavy (non-hydrogen) atoms. The maximum Gasteiger partial charge on any atom is 0.308 e. The first-order valence-electron chi connectivity index (χ1n) is 29.1. The maximum absolute atomic E-state index is 15.2. The number of hydrogen-bond donors (Lipinski definition) is 8. The number of aliphatic hydroxyl groups excluding tert-OH is 5. The minimum absolute atomic E-state index is 0.0255. The SMILES string of the molecule is COC(C(=O)C(O)C(C)O)C1Cc2cc3cc(O[C@H]4C[C@@H](O[C@H]5C[C@@H](O)[C@@H](OC)[C@@H](C)O5)[C@@H](OC(C)=O)[C@@H](C)O4)c(C)c(O)c3c(O)c2C(=O)C1O[C@H]1C[C@@H](O[C@H]2C[C@@H](O[C@H]3C[C@](C)(O)[C@@H](OC(=O)C(C)C)[C@H](C)O3)[C@H](O)[C@@H](C)O2)[C@H](O)[C@@H](C)O1. The molecule has 0 radical (unpaired) electrons. The van der Waals surface area contributed by atoms with Gasteiger partial charge in [0, 0.05) is 64.7 Å². The summed E-state index contributed by atoms with van der Waals surface area (Å²) in [4.78, 5) is 53.9. The second kappa shape index (κ2) is 27.2. The molecule has 0 bridgehead atoms. The van der Waals surface area contributed by atoms with Gasteiger partial charge in [-0.1, -0.05) is 13.8 Å². The van der Waals surface area contributed by atoms with Crippen LogP contribution < -0.4 is 4.74 Å². The van der Waals surface area contributed by atoms with Gasteiger partial charge < -0.3 is 107 Å². The molecule has 8 rings (SSSR count). The summed E-state index contributed by atoms with van der Waals surface area (Å²) in [6, 6.07) is 3.04. The van der Waals surface area contributed by atoms with Crippen molar-refractivity contribution in [3.8, 4) is 17.2 Å². The summed E-state index contributed by atoms with van der Waals surface area (Å²) >= 11 is 0. The average molecular weight is 1210 g/mol. The average Bonchev–Trinajstić information content (AvgIpc) is 2.39. The lowest BCUT2D eigenvalue weighted by Crippen LogP contribution is -2.59. The van der Waals surface area contributed by atoms with Crippen LogP contribution in [-0.4, -0.2) is 225 Å². The predicted octanol–water partition coefficient (Wildman–Crippen LogP) is 2.18. The molecule has 5 saturated heterocycles. The van der Waals surface area contributed by atoms with Gasteiger partial charge in [-0.05, 0) is 84.9 Å². The number of carbonyl (C=O) groups is 4. The van der Waals surface area contributed by atoms with E-state index in [1.807, 2.05) is 0 Å². The Balaban J connectivity index is 1.03. The van der Waals surface area contributed by atoms with E-state index in [0.29, 0.717) is 0 Å². The van der Waals surface area contributed by atoms with Gasteiger partial charge in [-0.25, -0.2) is 0 Å². The molecule has 2 aromatic carbocycles. The summed E-state index contributed by atoms with van der Waals surface area (Å²) in [5.41, 5.74) is -1.53. The first-order valence-corrected chi connectivity index (χ1v) is 29.1. The molecule has 5 unspecified atom stereocenters. The van der Waals surface area contributed by atoms with Crippen LogP contribution in [0.5, 0.6) is 17.2 Å². The summed E-state index contributed by atoms with van der Waals surface area (Å²) in [5.74, 6) is -5.68. The topological polar surface area (TPSA) is 359 Å². The number of rotatable bonds is 19. The zero-order chi connectivity index (χ0) is 62.4. The number of ether oxygens (including phenoxy) is 14. The Hall–Kier alpha value is -4.30. The summed E-state index contributed by atoms with van der Waals surface area (Å²) in [7, 11) is 2.65. The van der Waals surface area contributed by atoms with E-state index in [9.17, 15) is 55.2 Å². The number of ketones is 2. The minimum atomic E-state index is -1.96. The maximum atomic E-state index is 15.2. The molecule has 0 saturated carbocycles. The molecule has 0 amide bonds. The predicted molar refractivity (Wildman–Crippen MR) is 292 cm³/mol. The number of carbonyl (C=O) groups excluding carboxylic acids is 4. The smallest absolute Gasteiger partial charge is 0.308 e. The number of fused-ring (bicyclic) bond motifs is 2. The van der Waals surface area contributed by atoms with Crippen LogP contribution in [0.2, 0.25) is 0 Å². The van der Waals surface area contributed by atoms with Gasteiger partial charge in [0.2, 0.25) is 6.29 Å². The molecule has 0 aromatic heterocycles. The van der Waals surface area contributed by atoms with Crippen molar-refractivity contribution in [2.45, 2.75) is 262 Å². The van der Waals surface area contributed by atoms with Gasteiger partial charge in [0.15, 0.2) is 48.9 Å². The number of Topliss-reactive ketones (excluding diaryl/α,β-unsaturated/α-hetero) is 2. The highest BCUT2D eigenvalue weighted by Gasteiger charge is 2.53. The van der Waals surface area contributed by atoms with E-state index in [1.165, 1.54) is 61.0 Å². The third kappa shape index (κ3) is 14.4. The minimum Gasteiger partial charge on any atom is -0.507 e. The van der Waals surface area contributed by atoms with Gasteiger partial charge in [0.1, 0.15) is 65.6 Å². The monoisotopic (exact) mass is 1210 g/mol. The number of phenols is 2. The molecule has 8 N–H and O–H groups in total. The Morgan fingerprint density at radius 1 is 0.694 bits per heavy atom. The highest BCUT2D eigenvalue weighted by atomic mass is 16.7. The van der Waals surface area contributed by atoms with Gasteiger partial charge in [-0.3, -0.25) is 19.2 Å². The van der Waals surface area contributed by atoms with Gasteiger partial charge in [-0.2, -0.15) is 0 Å². The van der Waals surface area contributed by atoms with Crippen molar-refractivity contribution < 1.29 is 126 Å². The second-order valence-electron chi connectivity index (χ2n) is 24.1. The Labute approximate surface area is 493 Å². The molecule has 25 atom stereocenters. The number of aliphatic hydroxyl groups is 6. The number of aromatic hydroxyl groups is 2. The first-order chi connectivity index (χ1) is 39.9. The first kappa shape index (κ1) is 66.6. The number of hydrogen-bond acceptors (Lipinski definition) is 26. The van der Waals surface area contributed by atoms with Crippen molar-refractivity contribution in [3.05, 3.63) is 28.8 Å². The number of phenolic OH excluding ortho intramolecular Hbond substituents is 2. The summed E-state index contributed by atoms with van der Waals surface area (Å²) in [6.45, 7) is 17.0. The highest BCUT2D eigenvalue weighted by molar-refractivity contribution is 6.11. The summed E-state index contributed by atoms with van der Waals surface area (Å²) in [5, 5.41) is 90.4. The fourth-order valence-electron chi connectivity index (χ4n) is 12.5. The van der Waals surface area contributed by atoms with Crippen LogP contribution in [0.3, 0.4) is 0 Å². The van der Waals surface area contributed by atoms with Crippen molar-refractivity contribution in [3.63, 3.8) is 0 Å². The van der Waals surface area contributed by atoms with Crippen LogP contribution in [-0.2, 0) is 82.4 Å². The molecule has 26 nitrogen and oxygen atoms in total. The van der Waals surface area contributed by atoms with Gasteiger partial charge in [-0.15, -0.1) is 0 Å². The lowest BCUT2D eigenvalue weighted by molar-refractivity contribution is -0.334. The Kier molecular flexibility index (Phi) is 21.3. The fourth-order valence-corrected chi connectivity index (χ4v) is 12.5. The van der Waals surface area contributed by atoms with E-state index in [1.54, 1.807) is 41.5 Å². The normalized spacial score (nSPS) is 39.2. The molecule has 26 heteroatoms.